The highest BCUT2D eigenvalue weighted by molar-refractivity contribution is 5.63. The lowest BCUT2D eigenvalue weighted by molar-refractivity contribution is -0.138. The first-order valence-corrected chi connectivity index (χ1v) is 9.16. The minimum atomic E-state index is -4.39. The molecule has 5 heteroatoms. The van der Waals surface area contributed by atoms with Gasteiger partial charge in [-0.3, -0.25) is 4.57 Å². The minimum absolute atomic E-state index is 0.205. The quantitative estimate of drug-likeness (QED) is 0.491. The predicted molar refractivity (Wildman–Crippen MR) is 102 cm³/mol. The van der Waals surface area contributed by atoms with Crippen molar-refractivity contribution in [1.29, 1.82) is 0 Å². The molecule has 0 radical (unpaired) electrons. The molecule has 2 nitrogen and oxygen atoms in total. The smallest absolute Gasteiger partial charge is 0.300 e. The summed E-state index contributed by atoms with van der Waals surface area (Å²) in [7, 11) is 0. The van der Waals surface area contributed by atoms with Crippen molar-refractivity contribution in [3.8, 4) is 17.1 Å². The van der Waals surface area contributed by atoms with Crippen LogP contribution in [0.3, 0.4) is 0 Å². The molecule has 27 heavy (non-hydrogen) atoms. The molecule has 0 saturated heterocycles. The molecule has 0 unspecified atom stereocenters. The maximum absolute atomic E-state index is 13.6. The third-order valence-electron chi connectivity index (χ3n) is 4.66. The third-order valence-corrected chi connectivity index (χ3v) is 4.66. The molecule has 2 aromatic carbocycles. The first-order chi connectivity index (χ1) is 12.8. The van der Waals surface area contributed by atoms with E-state index in [9.17, 15) is 13.2 Å². The van der Waals surface area contributed by atoms with Gasteiger partial charge in [-0.1, -0.05) is 57.5 Å². The molecule has 0 saturated carbocycles. The maximum atomic E-state index is 13.6. The molecule has 1 aromatic heterocycles. The van der Waals surface area contributed by atoms with Crippen LogP contribution in [0, 0.1) is 0 Å². The zero-order valence-electron chi connectivity index (χ0n) is 15.7. The Kier molecular flexibility index (Phi) is 5.40. The van der Waals surface area contributed by atoms with Crippen LogP contribution in [0.15, 0.2) is 54.9 Å². The first-order valence-electron chi connectivity index (χ1n) is 9.16. The van der Waals surface area contributed by atoms with Crippen LogP contribution in [0.4, 0.5) is 13.2 Å². The third kappa shape index (κ3) is 3.92. The number of hydrogen-bond donors (Lipinski definition) is 0. The van der Waals surface area contributed by atoms with Gasteiger partial charge in [-0.2, -0.15) is 13.2 Å². The van der Waals surface area contributed by atoms with Crippen molar-refractivity contribution in [1.82, 2.24) is 9.55 Å². The fourth-order valence-corrected chi connectivity index (χ4v) is 3.38. The minimum Gasteiger partial charge on any atom is -0.300 e. The number of halogens is 3. The fourth-order valence-electron chi connectivity index (χ4n) is 3.38. The molecule has 0 fully saturated rings. The van der Waals surface area contributed by atoms with Gasteiger partial charge in [0.15, 0.2) is 0 Å². The van der Waals surface area contributed by atoms with E-state index < -0.39 is 11.7 Å². The summed E-state index contributed by atoms with van der Waals surface area (Å²) in [4.78, 5) is 4.44. The van der Waals surface area contributed by atoms with Gasteiger partial charge in [-0.25, -0.2) is 4.98 Å². The molecular weight excluding hydrogens is 349 g/mol. The molecule has 0 aliphatic carbocycles. The van der Waals surface area contributed by atoms with Gasteiger partial charge in [-0.15, -0.1) is 0 Å². The second-order valence-electron chi connectivity index (χ2n) is 6.95. The summed E-state index contributed by atoms with van der Waals surface area (Å²) in [5.41, 5.74) is 2.27. The summed E-state index contributed by atoms with van der Waals surface area (Å²) in [5, 5.41) is 0. The molecule has 1 heterocycles. The molecule has 0 amide bonds. The number of aromatic nitrogens is 2. The van der Waals surface area contributed by atoms with E-state index in [0.29, 0.717) is 17.1 Å². The lowest BCUT2D eigenvalue weighted by Gasteiger charge is -2.18. The van der Waals surface area contributed by atoms with Crippen LogP contribution in [0.2, 0.25) is 0 Å². The average Bonchev–Trinajstić information content (AvgIpc) is 3.10. The van der Waals surface area contributed by atoms with Crippen LogP contribution in [-0.4, -0.2) is 9.55 Å². The normalized spacial score (nSPS) is 12.0. The van der Waals surface area contributed by atoms with Gasteiger partial charge in [0, 0.05) is 23.6 Å². The van der Waals surface area contributed by atoms with Crippen molar-refractivity contribution in [3.63, 3.8) is 0 Å². The Morgan fingerprint density at radius 1 is 1.07 bits per heavy atom. The first kappa shape index (κ1) is 19.2. The van der Waals surface area contributed by atoms with Crippen LogP contribution in [-0.2, 0) is 12.6 Å². The second-order valence-corrected chi connectivity index (χ2v) is 6.95. The van der Waals surface area contributed by atoms with Gasteiger partial charge in [-0.05, 0) is 35.6 Å². The van der Waals surface area contributed by atoms with E-state index in [1.54, 1.807) is 42.9 Å². The summed E-state index contributed by atoms with van der Waals surface area (Å²) in [6, 6.07) is 12.4. The molecule has 0 spiro atoms. The van der Waals surface area contributed by atoms with Crippen molar-refractivity contribution >= 4 is 0 Å². The zero-order chi connectivity index (χ0) is 19.6. The number of imidazole rings is 1. The van der Waals surface area contributed by atoms with Crippen molar-refractivity contribution in [2.75, 3.05) is 0 Å². The predicted octanol–water partition coefficient (Wildman–Crippen LogP) is 6.63. The van der Waals surface area contributed by atoms with E-state index in [4.69, 9.17) is 0 Å². The largest absolute Gasteiger partial charge is 0.416 e. The number of alkyl halides is 3. The Bertz CT molecular complexity index is 923. The molecule has 0 aliphatic heterocycles. The Labute approximate surface area is 157 Å². The SMILES string of the molecule is CCCc1ccccc1-c1nccn1-c1ccc(C(C)C)c(C(F)(F)F)c1. The summed E-state index contributed by atoms with van der Waals surface area (Å²) in [6.45, 7) is 5.64. The molecule has 142 valence electrons. The van der Waals surface area contributed by atoms with Gasteiger partial charge in [0.05, 0.1) is 5.56 Å². The highest BCUT2D eigenvalue weighted by Crippen LogP contribution is 2.37. The van der Waals surface area contributed by atoms with Crippen LogP contribution >= 0.6 is 0 Å². The highest BCUT2D eigenvalue weighted by Gasteiger charge is 2.34. The Hall–Kier alpha value is -2.56. The van der Waals surface area contributed by atoms with Gasteiger partial charge in [0.1, 0.15) is 5.82 Å². The second kappa shape index (κ2) is 7.59. The number of aryl methyl sites for hydroxylation is 1. The number of hydrogen-bond acceptors (Lipinski definition) is 1. The van der Waals surface area contributed by atoms with Crippen LogP contribution < -0.4 is 0 Å². The summed E-state index contributed by atoms with van der Waals surface area (Å²) < 4.78 is 42.5. The number of rotatable bonds is 5. The molecule has 3 rings (SSSR count). The van der Waals surface area contributed by atoms with Crippen molar-refractivity contribution in [2.24, 2.45) is 0 Å². The van der Waals surface area contributed by atoms with Crippen molar-refractivity contribution < 1.29 is 13.2 Å². The molecule has 0 N–H and O–H groups in total. The van der Waals surface area contributed by atoms with E-state index in [-0.39, 0.29) is 5.92 Å². The lowest BCUT2D eigenvalue weighted by Crippen LogP contribution is -2.11. The Morgan fingerprint density at radius 2 is 1.81 bits per heavy atom. The van der Waals surface area contributed by atoms with Gasteiger partial charge >= 0.3 is 6.18 Å². The van der Waals surface area contributed by atoms with Gasteiger partial charge < -0.3 is 0 Å². The molecule has 3 aromatic rings. The van der Waals surface area contributed by atoms with Crippen molar-refractivity contribution in [2.45, 2.75) is 45.7 Å². The maximum Gasteiger partial charge on any atom is 0.416 e. The molecule has 0 bridgehead atoms. The van der Waals surface area contributed by atoms with Gasteiger partial charge in [0.2, 0.25) is 0 Å². The van der Waals surface area contributed by atoms with Crippen LogP contribution in [0.5, 0.6) is 0 Å². The van der Waals surface area contributed by atoms with Crippen molar-refractivity contribution in [3.05, 3.63) is 71.5 Å². The Balaban J connectivity index is 2.14. The molecule has 0 atom stereocenters. The Morgan fingerprint density at radius 3 is 2.48 bits per heavy atom. The highest BCUT2D eigenvalue weighted by atomic mass is 19.4. The van der Waals surface area contributed by atoms with E-state index in [2.05, 4.69) is 11.9 Å². The number of benzene rings is 2. The van der Waals surface area contributed by atoms with E-state index in [1.807, 2.05) is 24.3 Å². The summed E-state index contributed by atoms with van der Waals surface area (Å²) >= 11 is 0. The van der Waals surface area contributed by atoms with E-state index in [1.165, 1.54) is 6.07 Å². The lowest BCUT2D eigenvalue weighted by atomic mass is 9.96. The zero-order valence-corrected chi connectivity index (χ0v) is 15.7. The fraction of sp³-hybridized carbons (Fsp3) is 0.318. The molecular formula is C22H23F3N2. The summed E-state index contributed by atoms with van der Waals surface area (Å²) in [6.07, 6.45) is 0.822. The van der Waals surface area contributed by atoms with E-state index in [0.717, 1.165) is 24.0 Å². The van der Waals surface area contributed by atoms with Crippen LogP contribution in [0.1, 0.15) is 49.8 Å². The van der Waals surface area contributed by atoms with Crippen LogP contribution in [0.25, 0.3) is 17.1 Å². The van der Waals surface area contributed by atoms with E-state index >= 15 is 0 Å². The average molecular weight is 372 g/mol. The van der Waals surface area contributed by atoms with Gasteiger partial charge in [0.25, 0.3) is 0 Å². The summed E-state index contributed by atoms with van der Waals surface area (Å²) in [5.74, 6) is 0.452. The monoisotopic (exact) mass is 372 g/mol. The standard InChI is InChI=1S/C22H23F3N2/c1-4-7-16-8-5-6-9-19(16)21-26-12-13-27(21)17-10-11-18(15(2)3)20(14-17)22(23,24)25/h5-6,8-15H,4,7H2,1-3H3. The molecule has 0 aliphatic rings. The number of nitrogens with zero attached hydrogens (tertiary/aromatic N) is 2. The topological polar surface area (TPSA) is 17.8 Å².